The molecule has 2 N–H and O–H groups in total. The number of fused-ring (bicyclic) bond motifs is 1. The molecule has 1 aliphatic rings. The molecule has 0 aliphatic carbocycles. The molecule has 4 rings (SSSR count). The number of imidazole rings is 1. The number of hydrogen-bond acceptors (Lipinski definition) is 7. The molecule has 0 radical (unpaired) electrons. The second kappa shape index (κ2) is 8.26. The zero-order valence-electron chi connectivity index (χ0n) is 16.7. The van der Waals surface area contributed by atoms with E-state index in [1.807, 2.05) is 0 Å². The summed E-state index contributed by atoms with van der Waals surface area (Å²) in [6, 6.07) is 8.23. The number of nitrogens with zero attached hydrogens (tertiary/aromatic N) is 3. The van der Waals surface area contributed by atoms with E-state index in [1.54, 1.807) is 44.2 Å². The number of nitrogens with one attached hydrogen (secondary N) is 2. The van der Waals surface area contributed by atoms with Crippen molar-refractivity contribution in [3.8, 4) is 0 Å². The normalized spacial score (nSPS) is 20.8. The van der Waals surface area contributed by atoms with Crippen LogP contribution in [0.1, 0.15) is 30.4 Å². The molecule has 31 heavy (non-hydrogen) atoms. The van der Waals surface area contributed by atoms with Crippen molar-refractivity contribution in [3.05, 3.63) is 52.6 Å². The zero-order chi connectivity index (χ0) is 22.1. The van der Waals surface area contributed by atoms with Crippen molar-refractivity contribution >= 4 is 29.0 Å². The lowest BCUT2D eigenvalue weighted by molar-refractivity contribution is -0.118. The second-order valence-corrected chi connectivity index (χ2v) is 7.36. The first kappa shape index (κ1) is 20.7. The van der Waals surface area contributed by atoms with Gasteiger partial charge in [0.15, 0.2) is 29.7 Å². The van der Waals surface area contributed by atoms with Gasteiger partial charge in [-0.05, 0) is 12.1 Å². The highest BCUT2D eigenvalue weighted by Crippen LogP contribution is 2.31. The summed E-state index contributed by atoms with van der Waals surface area (Å²) in [6.45, 7) is 3.20. The number of aromatic nitrogens is 4. The van der Waals surface area contributed by atoms with Gasteiger partial charge >= 0.3 is 5.97 Å². The van der Waals surface area contributed by atoms with Gasteiger partial charge in [0.2, 0.25) is 11.9 Å². The quantitative estimate of drug-likeness (QED) is 0.592. The third-order valence-electron chi connectivity index (χ3n) is 4.80. The zero-order valence-corrected chi connectivity index (χ0v) is 16.7. The summed E-state index contributed by atoms with van der Waals surface area (Å²) in [6.07, 6.45) is -2.85. The molecule has 162 valence electrons. The number of rotatable bonds is 5. The summed E-state index contributed by atoms with van der Waals surface area (Å²) >= 11 is 0. The number of benzene rings is 1. The maximum Gasteiger partial charge on any atom is 0.338 e. The average Bonchev–Trinajstić information content (AvgIpc) is 3.32. The number of hydrogen-bond donors (Lipinski definition) is 2. The molecule has 3 atom stereocenters. The first-order valence-corrected chi connectivity index (χ1v) is 9.64. The van der Waals surface area contributed by atoms with Crippen LogP contribution in [0.4, 0.5) is 10.3 Å². The fraction of sp³-hybridized carbons (Fsp3) is 0.350. The monoisotopic (exact) mass is 429 g/mol. The standard InChI is InChI=1S/C20H20FN5O5/c1-10(2)16(27)24-20-23-15-14(17(28)25-20)22-9-26(15)18-13(21)12(8-30-18)31-19(29)11-6-4-3-5-7-11/h3-7,9-10,12-13,18H,8H2,1-2H3,(H2,23,24,25,27,28). The van der Waals surface area contributed by atoms with Gasteiger partial charge in [0.05, 0.1) is 18.5 Å². The second-order valence-electron chi connectivity index (χ2n) is 7.36. The van der Waals surface area contributed by atoms with Crippen LogP contribution in [-0.4, -0.2) is 50.3 Å². The summed E-state index contributed by atoms with van der Waals surface area (Å²) in [7, 11) is 0. The number of H-pyrrole nitrogens is 1. The van der Waals surface area contributed by atoms with Crippen LogP contribution in [0.25, 0.3) is 11.2 Å². The van der Waals surface area contributed by atoms with E-state index in [9.17, 15) is 14.4 Å². The minimum atomic E-state index is -1.72. The topological polar surface area (TPSA) is 128 Å². The number of ether oxygens (including phenoxy) is 2. The predicted octanol–water partition coefficient (Wildman–Crippen LogP) is 1.81. The first-order valence-electron chi connectivity index (χ1n) is 9.64. The lowest BCUT2D eigenvalue weighted by Gasteiger charge is -2.17. The highest BCUT2D eigenvalue weighted by molar-refractivity contribution is 5.91. The van der Waals surface area contributed by atoms with Crippen LogP contribution in [0, 0.1) is 5.92 Å². The number of halogens is 1. The summed E-state index contributed by atoms with van der Waals surface area (Å²) in [5, 5.41) is 2.50. The molecule has 0 spiro atoms. The minimum Gasteiger partial charge on any atom is -0.453 e. The number of esters is 1. The van der Waals surface area contributed by atoms with Crippen LogP contribution < -0.4 is 10.9 Å². The van der Waals surface area contributed by atoms with Gasteiger partial charge in [0.1, 0.15) is 0 Å². The predicted molar refractivity (Wildman–Crippen MR) is 107 cm³/mol. The third-order valence-corrected chi connectivity index (χ3v) is 4.80. The van der Waals surface area contributed by atoms with Gasteiger partial charge in [-0.3, -0.25) is 24.5 Å². The Morgan fingerprint density at radius 3 is 2.77 bits per heavy atom. The van der Waals surface area contributed by atoms with Crippen molar-refractivity contribution in [2.24, 2.45) is 5.92 Å². The Kier molecular flexibility index (Phi) is 5.51. The Morgan fingerprint density at radius 1 is 1.32 bits per heavy atom. The molecule has 3 heterocycles. The van der Waals surface area contributed by atoms with Crippen molar-refractivity contribution < 1.29 is 23.5 Å². The van der Waals surface area contributed by atoms with Gasteiger partial charge in [-0.1, -0.05) is 32.0 Å². The van der Waals surface area contributed by atoms with E-state index in [0.29, 0.717) is 5.56 Å². The molecule has 1 aliphatic heterocycles. The summed E-state index contributed by atoms with van der Waals surface area (Å²) < 4.78 is 27.1. The Morgan fingerprint density at radius 2 is 2.06 bits per heavy atom. The van der Waals surface area contributed by atoms with Gasteiger partial charge in [0, 0.05) is 5.92 Å². The maximum atomic E-state index is 15.1. The highest BCUT2D eigenvalue weighted by Gasteiger charge is 2.42. The molecule has 3 aromatic rings. The number of anilines is 1. The largest absolute Gasteiger partial charge is 0.453 e. The fourth-order valence-electron chi connectivity index (χ4n) is 3.11. The summed E-state index contributed by atoms with van der Waals surface area (Å²) in [5.74, 6) is -1.43. The molecule has 2 aromatic heterocycles. The van der Waals surface area contributed by atoms with E-state index in [0.717, 1.165) is 0 Å². The molecular formula is C20H20FN5O5. The van der Waals surface area contributed by atoms with Crippen LogP contribution in [0.3, 0.4) is 0 Å². The molecule has 0 saturated carbocycles. The fourth-order valence-corrected chi connectivity index (χ4v) is 3.11. The van der Waals surface area contributed by atoms with Gasteiger partial charge < -0.3 is 9.47 Å². The van der Waals surface area contributed by atoms with Crippen molar-refractivity contribution in [1.82, 2.24) is 19.5 Å². The van der Waals surface area contributed by atoms with Crippen LogP contribution in [-0.2, 0) is 14.3 Å². The van der Waals surface area contributed by atoms with Gasteiger partial charge in [0.25, 0.3) is 5.56 Å². The summed E-state index contributed by atoms with van der Waals surface area (Å²) in [4.78, 5) is 47.1. The third kappa shape index (κ3) is 4.04. The summed E-state index contributed by atoms with van der Waals surface area (Å²) in [5.41, 5.74) is -0.304. The van der Waals surface area contributed by atoms with Crippen molar-refractivity contribution in [1.29, 1.82) is 0 Å². The molecule has 3 unspecified atom stereocenters. The Bertz CT molecular complexity index is 1180. The molecule has 1 aromatic carbocycles. The molecule has 1 fully saturated rings. The number of carbonyl (C=O) groups excluding carboxylic acids is 2. The van der Waals surface area contributed by atoms with E-state index in [2.05, 4.69) is 20.3 Å². The van der Waals surface area contributed by atoms with Gasteiger partial charge in [-0.25, -0.2) is 14.2 Å². The maximum absolute atomic E-state index is 15.1. The van der Waals surface area contributed by atoms with Crippen molar-refractivity contribution in [3.63, 3.8) is 0 Å². The van der Waals surface area contributed by atoms with Crippen LogP contribution in [0.15, 0.2) is 41.5 Å². The van der Waals surface area contributed by atoms with Crippen LogP contribution >= 0.6 is 0 Å². The minimum absolute atomic E-state index is 0.0329. The lowest BCUT2D eigenvalue weighted by atomic mass is 10.2. The van der Waals surface area contributed by atoms with Crippen molar-refractivity contribution in [2.45, 2.75) is 32.4 Å². The highest BCUT2D eigenvalue weighted by atomic mass is 19.1. The molecule has 0 bridgehead atoms. The molecule has 1 amide bonds. The van der Waals surface area contributed by atoms with E-state index in [1.165, 1.54) is 10.9 Å². The molecule has 10 nitrogen and oxygen atoms in total. The van der Waals surface area contributed by atoms with Crippen LogP contribution in [0.2, 0.25) is 0 Å². The number of carbonyl (C=O) groups is 2. The van der Waals surface area contributed by atoms with Crippen molar-refractivity contribution in [2.75, 3.05) is 11.9 Å². The van der Waals surface area contributed by atoms with Gasteiger partial charge in [-0.2, -0.15) is 4.98 Å². The van der Waals surface area contributed by atoms with Crippen LogP contribution in [0.5, 0.6) is 0 Å². The number of amides is 1. The average molecular weight is 429 g/mol. The molecule has 11 heteroatoms. The Balaban J connectivity index is 1.57. The smallest absolute Gasteiger partial charge is 0.338 e. The number of alkyl halides is 1. The number of aromatic amines is 1. The lowest BCUT2D eigenvalue weighted by Crippen LogP contribution is -2.29. The SMILES string of the molecule is CC(C)C(=O)Nc1nc2c(ncn2C2OCC(OC(=O)c3ccccc3)C2F)c(=O)[nH]1. The van der Waals surface area contributed by atoms with E-state index >= 15 is 4.39 Å². The van der Waals surface area contributed by atoms with E-state index < -0.39 is 30.0 Å². The van der Waals surface area contributed by atoms with Gasteiger partial charge in [-0.15, -0.1) is 0 Å². The molecular weight excluding hydrogens is 409 g/mol. The Hall–Kier alpha value is -3.60. The van der Waals surface area contributed by atoms with E-state index in [4.69, 9.17) is 9.47 Å². The first-order chi connectivity index (χ1) is 14.8. The van der Waals surface area contributed by atoms with E-state index in [-0.39, 0.29) is 35.5 Å². The Labute approximate surface area is 175 Å². The molecule has 1 saturated heterocycles.